The normalized spacial score (nSPS) is 20.6. The van der Waals surface area contributed by atoms with Crippen molar-refractivity contribution < 1.29 is 0 Å². The summed E-state index contributed by atoms with van der Waals surface area (Å²) in [6.07, 6.45) is 14.1. The van der Waals surface area contributed by atoms with E-state index in [1.165, 1.54) is 48.0 Å². The van der Waals surface area contributed by atoms with E-state index >= 15 is 0 Å². The summed E-state index contributed by atoms with van der Waals surface area (Å²) in [5.74, 6) is 0.554. The highest BCUT2D eigenvalue weighted by Gasteiger charge is 2.20. The molecular formula is C19H23N. The van der Waals surface area contributed by atoms with E-state index in [-0.39, 0.29) is 0 Å². The molecule has 1 atom stereocenters. The lowest BCUT2D eigenvalue weighted by Crippen LogP contribution is -2.09. The smallest absolute Gasteiger partial charge is 0.00278 e. The number of nitrogens with one attached hydrogen (secondary N) is 1. The second kappa shape index (κ2) is 6.23. The molecule has 1 N–H and O–H groups in total. The van der Waals surface area contributed by atoms with Crippen LogP contribution >= 0.6 is 0 Å². The zero-order valence-corrected chi connectivity index (χ0v) is 12.2. The maximum Gasteiger partial charge on any atom is 0.00278 e. The topological polar surface area (TPSA) is 12.0 Å². The Kier molecular flexibility index (Phi) is 4.17. The average Bonchev–Trinajstić information content (AvgIpc) is 2.66. The Bertz CT molecular complexity index is 563. The van der Waals surface area contributed by atoms with Gasteiger partial charge in [-0.25, -0.2) is 0 Å². The van der Waals surface area contributed by atoms with Crippen LogP contribution in [0.5, 0.6) is 0 Å². The molecular weight excluding hydrogens is 242 g/mol. The molecule has 0 fully saturated rings. The summed E-state index contributed by atoms with van der Waals surface area (Å²) in [6.45, 7) is 1.10. The van der Waals surface area contributed by atoms with Crippen molar-refractivity contribution in [3.8, 4) is 0 Å². The Hall–Kier alpha value is -1.60. The molecule has 1 heteroatoms. The van der Waals surface area contributed by atoms with Crippen molar-refractivity contribution in [2.24, 2.45) is 0 Å². The van der Waals surface area contributed by atoms with Crippen LogP contribution in [0.4, 0.5) is 0 Å². The number of hydrogen-bond acceptors (Lipinski definition) is 1. The van der Waals surface area contributed by atoms with Crippen LogP contribution in [-0.4, -0.2) is 13.6 Å². The molecule has 104 valence electrons. The van der Waals surface area contributed by atoms with E-state index in [2.05, 4.69) is 53.9 Å². The summed E-state index contributed by atoms with van der Waals surface area (Å²) >= 11 is 0. The minimum absolute atomic E-state index is 0.554. The third-order valence-corrected chi connectivity index (χ3v) is 4.34. The summed E-state index contributed by atoms with van der Waals surface area (Å²) < 4.78 is 0. The molecule has 0 saturated carbocycles. The molecule has 20 heavy (non-hydrogen) atoms. The largest absolute Gasteiger partial charge is 0.320 e. The maximum absolute atomic E-state index is 3.25. The average molecular weight is 265 g/mol. The fraction of sp³-hybridized carbons (Fsp3) is 0.368. The van der Waals surface area contributed by atoms with Crippen molar-refractivity contribution in [2.75, 3.05) is 13.6 Å². The molecule has 1 unspecified atom stereocenters. The van der Waals surface area contributed by atoms with E-state index in [4.69, 9.17) is 0 Å². The molecule has 0 spiro atoms. The third-order valence-electron chi connectivity index (χ3n) is 4.34. The van der Waals surface area contributed by atoms with Crippen molar-refractivity contribution in [1.82, 2.24) is 5.32 Å². The maximum atomic E-state index is 3.25. The summed E-state index contributed by atoms with van der Waals surface area (Å²) in [5.41, 5.74) is 5.95. The SMILES string of the molecule is CNCCCC1C=CC2=C(CCC=C2)c2ccccc21. The lowest BCUT2D eigenvalue weighted by Gasteiger charge is -2.19. The predicted molar refractivity (Wildman–Crippen MR) is 86.8 cm³/mol. The number of hydrogen-bond donors (Lipinski definition) is 1. The molecule has 1 nitrogen and oxygen atoms in total. The van der Waals surface area contributed by atoms with Gasteiger partial charge in [0, 0.05) is 5.92 Å². The number of fused-ring (bicyclic) bond motifs is 2. The van der Waals surface area contributed by atoms with E-state index in [9.17, 15) is 0 Å². The highest BCUT2D eigenvalue weighted by molar-refractivity contribution is 5.78. The van der Waals surface area contributed by atoms with Gasteiger partial charge in [0.15, 0.2) is 0 Å². The van der Waals surface area contributed by atoms with Gasteiger partial charge in [0.2, 0.25) is 0 Å². The first-order valence-electron chi connectivity index (χ1n) is 7.72. The van der Waals surface area contributed by atoms with Gasteiger partial charge >= 0.3 is 0 Å². The minimum Gasteiger partial charge on any atom is -0.320 e. The lowest BCUT2D eigenvalue weighted by atomic mass is 9.86. The first-order valence-corrected chi connectivity index (χ1v) is 7.72. The van der Waals surface area contributed by atoms with Gasteiger partial charge in [-0.2, -0.15) is 0 Å². The number of rotatable bonds is 4. The molecule has 1 aromatic rings. The summed E-state index contributed by atoms with van der Waals surface area (Å²) in [4.78, 5) is 0. The third kappa shape index (κ3) is 2.64. The second-order valence-corrected chi connectivity index (χ2v) is 5.67. The molecule has 0 aromatic heterocycles. The highest BCUT2D eigenvalue weighted by Crippen LogP contribution is 2.38. The number of allylic oxidation sites excluding steroid dienone is 6. The molecule has 0 saturated heterocycles. The van der Waals surface area contributed by atoms with Crippen LogP contribution in [0.3, 0.4) is 0 Å². The Labute approximate surface area is 122 Å². The van der Waals surface area contributed by atoms with Crippen LogP contribution in [0, 0.1) is 0 Å². The molecule has 0 bridgehead atoms. The molecule has 0 amide bonds. The van der Waals surface area contributed by atoms with Gasteiger partial charge in [-0.3, -0.25) is 0 Å². The Morgan fingerprint density at radius 2 is 2.10 bits per heavy atom. The molecule has 1 aromatic carbocycles. The molecule has 2 aliphatic rings. The molecule has 0 aliphatic heterocycles. The van der Waals surface area contributed by atoms with Crippen LogP contribution in [0.2, 0.25) is 0 Å². The zero-order chi connectivity index (χ0) is 13.8. The molecule has 3 rings (SSSR count). The van der Waals surface area contributed by atoms with Crippen molar-refractivity contribution in [2.45, 2.75) is 31.6 Å². The van der Waals surface area contributed by atoms with Crippen molar-refractivity contribution >= 4 is 5.57 Å². The van der Waals surface area contributed by atoms with E-state index in [0.717, 1.165) is 6.54 Å². The Balaban J connectivity index is 1.96. The first kappa shape index (κ1) is 13.4. The van der Waals surface area contributed by atoms with Crippen molar-refractivity contribution in [3.05, 3.63) is 65.3 Å². The van der Waals surface area contributed by atoms with Crippen LogP contribution in [0.15, 0.2) is 54.1 Å². The van der Waals surface area contributed by atoms with E-state index < -0.39 is 0 Å². The quantitative estimate of drug-likeness (QED) is 0.793. The molecule has 0 radical (unpaired) electrons. The molecule has 2 aliphatic carbocycles. The van der Waals surface area contributed by atoms with E-state index in [0.29, 0.717) is 5.92 Å². The standard InChI is InChI=1S/C19H23N/c1-20-14-6-8-16-13-12-15-7-2-3-9-17(15)19-11-5-4-10-18(16)19/h2,4-5,7,10-13,16,20H,3,6,8-9,14H2,1H3. The highest BCUT2D eigenvalue weighted by atomic mass is 14.8. The van der Waals surface area contributed by atoms with Gasteiger partial charge in [0.1, 0.15) is 0 Å². The Morgan fingerprint density at radius 1 is 1.20 bits per heavy atom. The fourth-order valence-electron chi connectivity index (χ4n) is 3.30. The van der Waals surface area contributed by atoms with Gasteiger partial charge in [-0.1, -0.05) is 48.6 Å². The van der Waals surface area contributed by atoms with E-state index in [1.807, 2.05) is 7.05 Å². The lowest BCUT2D eigenvalue weighted by molar-refractivity contribution is 0.639. The van der Waals surface area contributed by atoms with Gasteiger partial charge in [0.05, 0.1) is 0 Å². The zero-order valence-electron chi connectivity index (χ0n) is 12.2. The minimum atomic E-state index is 0.554. The molecule has 0 heterocycles. The summed E-state index contributed by atoms with van der Waals surface area (Å²) in [7, 11) is 2.03. The fourth-order valence-corrected chi connectivity index (χ4v) is 3.30. The van der Waals surface area contributed by atoms with Crippen molar-refractivity contribution in [3.63, 3.8) is 0 Å². The van der Waals surface area contributed by atoms with Crippen molar-refractivity contribution in [1.29, 1.82) is 0 Å². The van der Waals surface area contributed by atoms with Gasteiger partial charge in [0.25, 0.3) is 0 Å². The predicted octanol–water partition coefficient (Wildman–Crippen LogP) is 4.44. The summed E-state index contributed by atoms with van der Waals surface area (Å²) in [5, 5.41) is 3.25. The number of benzene rings is 1. The summed E-state index contributed by atoms with van der Waals surface area (Å²) in [6, 6.07) is 8.99. The van der Waals surface area contributed by atoms with Crippen LogP contribution in [0.1, 0.15) is 42.7 Å². The Morgan fingerprint density at radius 3 is 3.00 bits per heavy atom. The van der Waals surface area contributed by atoms with Crippen LogP contribution in [-0.2, 0) is 0 Å². The van der Waals surface area contributed by atoms with Crippen LogP contribution in [0.25, 0.3) is 5.57 Å². The first-order chi connectivity index (χ1) is 9.90. The second-order valence-electron chi connectivity index (χ2n) is 5.67. The van der Waals surface area contributed by atoms with Gasteiger partial charge in [-0.15, -0.1) is 0 Å². The van der Waals surface area contributed by atoms with Gasteiger partial charge in [-0.05, 0) is 61.5 Å². The van der Waals surface area contributed by atoms with E-state index in [1.54, 1.807) is 0 Å². The van der Waals surface area contributed by atoms with Crippen LogP contribution < -0.4 is 5.32 Å². The van der Waals surface area contributed by atoms with Gasteiger partial charge < -0.3 is 5.32 Å². The monoisotopic (exact) mass is 265 g/mol.